The van der Waals surface area contributed by atoms with Gasteiger partial charge in [0.1, 0.15) is 7.11 Å². The zero-order valence-corrected chi connectivity index (χ0v) is 6.95. The molecule has 0 aliphatic carbocycles. The second-order valence-corrected chi connectivity index (χ2v) is 2.27. The van der Waals surface area contributed by atoms with Gasteiger partial charge in [-0.2, -0.15) is 0 Å². The molecule has 0 amide bonds. The normalized spacial score (nSPS) is 10.5. The first-order valence-electron chi connectivity index (χ1n) is 3.64. The van der Waals surface area contributed by atoms with Gasteiger partial charge in [-0.05, 0) is 23.3 Å². The summed E-state index contributed by atoms with van der Waals surface area (Å²) < 4.78 is 0. The van der Waals surface area contributed by atoms with Crippen molar-refractivity contribution in [1.82, 2.24) is 0 Å². The molecule has 1 aromatic carbocycles. The van der Waals surface area contributed by atoms with Crippen molar-refractivity contribution in [3.8, 4) is 0 Å². The Kier molecular flexibility index (Phi) is 3.29. The highest BCUT2D eigenvalue weighted by atomic mass is 16.6. The van der Waals surface area contributed by atoms with Gasteiger partial charge in [-0.25, -0.2) is 0 Å². The van der Waals surface area contributed by atoms with Crippen LogP contribution in [0.4, 0.5) is 0 Å². The summed E-state index contributed by atoms with van der Waals surface area (Å²) in [5.74, 6) is 0. The number of oxime groups is 1. The fourth-order valence-corrected chi connectivity index (χ4v) is 0.790. The van der Waals surface area contributed by atoms with E-state index in [-0.39, 0.29) is 0 Å². The number of hydrogen-bond acceptors (Lipinski definition) is 3. The van der Waals surface area contributed by atoms with E-state index >= 15 is 0 Å². The molecule has 0 saturated heterocycles. The number of nitrogens with two attached hydrogens (primary N) is 1. The van der Waals surface area contributed by atoms with Crippen molar-refractivity contribution in [3.63, 3.8) is 0 Å². The third kappa shape index (κ3) is 2.36. The Hall–Kier alpha value is -1.35. The summed E-state index contributed by atoms with van der Waals surface area (Å²) in [4.78, 5) is 4.53. The van der Waals surface area contributed by atoms with Gasteiger partial charge in [0.2, 0.25) is 0 Å². The highest BCUT2D eigenvalue weighted by molar-refractivity contribution is 5.78. The highest BCUT2D eigenvalue weighted by Crippen LogP contribution is 2.00. The predicted octanol–water partition coefficient (Wildman–Crippen LogP) is 0.926. The molecule has 0 fully saturated rings. The maximum Gasteiger partial charge on any atom is 0.106 e. The van der Waals surface area contributed by atoms with Crippen LogP contribution in [0.2, 0.25) is 0 Å². The van der Waals surface area contributed by atoms with Crippen LogP contribution in [0.25, 0.3) is 0 Å². The van der Waals surface area contributed by atoms with E-state index in [1.807, 2.05) is 18.2 Å². The molecule has 2 N–H and O–H groups in total. The molecule has 0 bridgehead atoms. The van der Waals surface area contributed by atoms with E-state index in [9.17, 15) is 0 Å². The van der Waals surface area contributed by atoms with Crippen molar-refractivity contribution in [2.45, 2.75) is 6.54 Å². The van der Waals surface area contributed by atoms with Crippen molar-refractivity contribution in [2.24, 2.45) is 10.9 Å². The zero-order valence-electron chi connectivity index (χ0n) is 6.95. The molecule has 0 saturated carbocycles. The summed E-state index contributed by atoms with van der Waals surface area (Å²) in [5, 5.41) is 3.62. The number of benzene rings is 1. The van der Waals surface area contributed by atoms with Gasteiger partial charge < -0.3 is 10.6 Å². The first-order chi connectivity index (χ1) is 5.86. The summed E-state index contributed by atoms with van der Waals surface area (Å²) in [7, 11) is 1.51. The lowest BCUT2D eigenvalue weighted by molar-refractivity contribution is 0.215. The standard InChI is InChI=1S/C9H11N2O/c1-12-11-7-9-4-2-8(6-10)3-5-9/h2,4-5,7H,6,10H2,1H3. The van der Waals surface area contributed by atoms with Crippen LogP contribution in [-0.2, 0) is 11.4 Å². The lowest BCUT2D eigenvalue weighted by atomic mass is 10.1. The van der Waals surface area contributed by atoms with Crippen molar-refractivity contribution in [1.29, 1.82) is 0 Å². The Balaban J connectivity index is 2.71. The summed E-state index contributed by atoms with van der Waals surface area (Å²) in [6, 6.07) is 8.68. The summed E-state index contributed by atoms with van der Waals surface area (Å²) in [6.07, 6.45) is 1.62. The van der Waals surface area contributed by atoms with E-state index in [0.717, 1.165) is 11.1 Å². The van der Waals surface area contributed by atoms with Crippen LogP contribution >= 0.6 is 0 Å². The smallest absolute Gasteiger partial charge is 0.106 e. The Bertz CT molecular complexity index is 254. The summed E-state index contributed by atoms with van der Waals surface area (Å²) in [6.45, 7) is 0.516. The molecule has 3 nitrogen and oxygen atoms in total. The van der Waals surface area contributed by atoms with Gasteiger partial charge in [0, 0.05) is 6.54 Å². The fraction of sp³-hybridized carbons (Fsp3) is 0.222. The van der Waals surface area contributed by atoms with Crippen LogP contribution in [0.1, 0.15) is 11.1 Å². The van der Waals surface area contributed by atoms with Crippen LogP contribution in [0.3, 0.4) is 0 Å². The molecular weight excluding hydrogens is 152 g/mol. The monoisotopic (exact) mass is 163 g/mol. The lowest BCUT2D eigenvalue weighted by Crippen LogP contribution is -1.96. The van der Waals surface area contributed by atoms with Crippen LogP contribution < -0.4 is 5.73 Å². The summed E-state index contributed by atoms with van der Waals surface area (Å²) >= 11 is 0. The third-order valence-electron chi connectivity index (χ3n) is 1.43. The molecule has 0 spiro atoms. The lowest BCUT2D eigenvalue weighted by Gasteiger charge is -1.95. The number of hydrogen-bond donors (Lipinski definition) is 1. The van der Waals surface area contributed by atoms with Gasteiger partial charge in [0.15, 0.2) is 0 Å². The molecule has 12 heavy (non-hydrogen) atoms. The Labute approximate surface area is 71.8 Å². The maximum atomic E-state index is 5.41. The molecule has 1 rings (SSSR count). The molecule has 0 atom stereocenters. The van der Waals surface area contributed by atoms with Gasteiger partial charge >= 0.3 is 0 Å². The average molecular weight is 163 g/mol. The van der Waals surface area contributed by atoms with E-state index in [1.165, 1.54) is 7.11 Å². The quantitative estimate of drug-likeness (QED) is 0.532. The van der Waals surface area contributed by atoms with Crippen LogP contribution in [0.15, 0.2) is 23.4 Å². The maximum absolute atomic E-state index is 5.41. The van der Waals surface area contributed by atoms with Gasteiger partial charge in [-0.1, -0.05) is 17.3 Å². The van der Waals surface area contributed by atoms with Crippen molar-refractivity contribution < 1.29 is 4.84 Å². The molecule has 1 radical (unpaired) electrons. The number of rotatable bonds is 3. The number of nitrogens with zero attached hydrogens (tertiary/aromatic N) is 1. The van der Waals surface area contributed by atoms with E-state index in [4.69, 9.17) is 5.73 Å². The molecular formula is C9H11N2O. The van der Waals surface area contributed by atoms with Gasteiger partial charge in [0.05, 0.1) is 6.21 Å². The largest absolute Gasteiger partial charge is 0.399 e. The average Bonchev–Trinajstić information content (AvgIpc) is 2.15. The molecule has 63 valence electrons. The van der Waals surface area contributed by atoms with E-state index in [2.05, 4.69) is 16.1 Å². The minimum absolute atomic E-state index is 0.516. The first-order valence-corrected chi connectivity index (χ1v) is 3.64. The molecule has 0 aliphatic rings. The fourth-order valence-electron chi connectivity index (χ4n) is 0.790. The topological polar surface area (TPSA) is 47.6 Å². The van der Waals surface area contributed by atoms with Gasteiger partial charge in [-0.15, -0.1) is 0 Å². The Morgan fingerprint density at radius 1 is 1.67 bits per heavy atom. The van der Waals surface area contributed by atoms with Crippen molar-refractivity contribution >= 4 is 6.21 Å². The van der Waals surface area contributed by atoms with E-state index < -0.39 is 0 Å². The van der Waals surface area contributed by atoms with E-state index in [1.54, 1.807) is 6.21 Å². The Morgan fingerprint density at radius 3 is 3.00 bits per heavy atom. The van der Waals surface area contributed by atoms with Gasteiger partial charge in [0.25, 0.3) is 0 Å². The zero-order chi connectivity index (χ0) is 8.81. The van der Waals surface area contributed by atoms with Crippen molar-refractivity contribution in [2.75, 3.05) is 7.11 Å². The predicted molar refractivity (Wildman–Crippen MR) is 47.8 cm³/mol. The minimum Gasteiger partial charge on any atom is -0.399 e. The summed E-state index contributed by atoms with van der Waals surface area (Å²) in [5.41, 5.74) is 7.35. The SMILES string of the molecule is CON=Cc1c[c]c(CN)cc1. The second-order valence-electron chi connectivity index (χ2n) is 2.27. The molecule has 0 heterocycles. The van der Waals surface area contributed by atoms with Gasteiger partial charge in [-0.3, -0.25) is 0 Å². The minimum atomic E-state index is 0.516. The first kappa shape index (κ1) is 8.74. The van der Waals surface area contributed by atoms with Crippen LogP contribution in [-0.4, -0.2) is 13.3 Å². The molecule has 0 unspecified atom stereocenters. The second kappa shape index (κ2) is 4.51. The highest BCUT2D eigenvalue weighted by Gasteiger charge is 1.89. The van der Waals surface area contributed by atoms with Crippen LogP contribution in [0.5, 0.6) is 0 Å². The third-order valence-corrected chi connectivity index (χ3v) is 1.43. The molecule has 3 heteroatoms. The molecule has 0 aliphatic heterocycles. The molecule has 1 aromatic rings. The Morgan fingerprint density at radius 2 is 2.50 bits per heavy atom. The van der Waals surface area contributed by atoms with E-state index in [0.29, 0.717) is 6.54 Å². The van der Waals surface area contributed by atoms with Crippen LogP contribution in [0, 0.1) is 6.07 Å². The molecule has 0 aromatic heterocycles. The van der Waals surface area contributed by atoms with Crippen molar-refractivity contribution in [3.05, 3.63) is 35.4 Å².